The van der Waals surface area contributed by atoms with Gasteiger partial charge in [-0.25, -0.2) is 0 Å². The van der Waals surface area contributed by atoms with E-state index in [2.05, 4.69) is 12.2 Å². The van der Waals surface area contributed by atoms with Gasteiger partial charge in [-0.2, -0.15) is 0 Å². The third kappa shape index (κ3) is 2.23. The molecular weight excluding hydrogens is 160 g/mol. The number of nitrogens with one attached hydrogen (secondary N) is 1. The molecule has 76 valence electrons. The van der Waals surface area contributed by atoms with Crippen molar-refractivity contribution in [2.45, 2.75) is 63.6 Å². The molecule has 2 rings (SSSR count). The molecule has 2 atom stereocenters. The van der Waals surface area contributed by atoms with E-state index in [9.17, 15) is 0 Å². The Balaban J connectivity index is 1.73. The zero-order valence-corrected chi connectivity index (χ0v) is 8.63. The van der Waals surface area contributed by atoms with Crippen molar-refractivity contribution in [1.29, 1.82) is 0 Å². The topological polar surface area (TPSA) is 38.0 Å². The van der Waals surface area contributed by atoms with Crippen LogP contribution < -0.4 is 11.1 Å². The van der Waals surface area contributed by atoms with Crippen LogP contribution in [0, 0.1) is 5.92 Å². The summed E-state index contributed by atoms with van der Waals surface area (Å²) in [6.07, 6.45) is 8.04. The van der Waals surface area contributed by atoms with Gasteiger partial charge in [0.2, 0.25) is 0 Å². The summed E-state index contributed by atoms with van der Waals surface area (Å²) >= 11 is 0. The first-order valence-corrected chi connectivity index (χ1v) is 5.77. The average molecular weight is 182 g/mol. The van der Waals surface area contributed by atoms with Gasteiger partial charge in [0.05, 0.1) is 0 Å². The molecule has 0 aromatic carbocycles. The molecule has 2 unspecified atom stereocenters. The van der Waals surface area contributed by atoms with E-state index < -0.39 is 0 Å². The lowest BCUT2D eigenvalue weighted by Gasteiger charge is -2.39. The second-order valence-electron chi connectivity index (χ2n) is 4.96. The molecule has 2 fully saturated rings. The van der Waals surface area contributed by atoms with Crippen molar-refractivity contribution in [3.05, 3.63) is 0 Å². The molecule has 0 amide bonds. The number of nitrogens with two attached hydrogens (primary N) is 1. The van der Waals surface area contributed by atoms with Crippen molar-refractivity contribution in [3.8, 4) is 0 Å². The van der Waals surface area contributed by atoms with Crippen LogP contribution in [0.1, 0.15) is 45.4 Å². The second kappa shape index (κ2) is 3.97. The largest absolute Gasteiger partial charge is 0.328 e. The van der Waals surface area contributed by atoms with Crippen LogP contribution in [0.3, 0.4) is 0 Å². The zero-order chi connectivity index (χ0) is 9.26. The van der Waals surface area contributed by atoms with Gasteiger partial charge < -0.3 is 11.1 Å². The summed E-state index contributed by atoms with van der Waals surface area (Å²) in [5, 5.41) is 3.76. The molecule has 0 aromatic heterocycles. The zero-order valence-electron chi connectivity index (χ0n) is 8.63. The highest BCUT2D eigenvalue weighted by Crippen LogP contribution is 2.27. The summed E-state index contributed by atoms with van der Waals surface area (Å²) in [5.74, 6) is 0.880. The summed E-state index contributed by atoms with van der Waals surface area (Å²) in [6.45, 7) is 2.38. The maximum Gasteiger partial charge on any atom is 0.00992 e. The first-order valence-electron chi connectivity index (χ1n) is 5.77. The highest BCUT2D eigenvalue weighted by molar-refractivity contribution is 4.91. The molecule has 2 saturated carbocycles. The van der Waals surface area contributed by atoms with Gasteiger partial charge in [-0.05, 0) is 31.6 Å². The Morgan fingerprint density at radius 1 is 1.15 bits per heavy atom. The Labute approximate surface area is 81.3 Å². The van der Waals surface area contributed by atoms with E-state index in [0.29, 0.717) is 6.04 Å². The van der Waals surface area contributed by atoms with Gasteiger partial charge in [-0.3, -0.25) is 0 Å². The summed E-state index contributed by atoms with van der Waals surface area (Å²) < 4.78 is 0. The van der Waals surface area contributed by atoms with E-state index in [0.717, 1.165) is 18.0 Å². The minimum atomic E-state index is 0.483. The van der Waals surface area contributed by atoms with Gasteiger partial charge in [0.1, 0.15) is 0 Å². The van der Waals surface area contributed by atoms with Crippen LogP contribution >= 0.6 is 0 Å². The Morgan fingerprint density at radius 2 is 1.85 bits per heavy atom. The summed E-state index contributed by atoms with van der Waals surface area (Å²) in [6, 6.07) is 2.00. The smallest absolute Gasteiger partial charge is 0.00992 e. The Bertz CT molecular complexity index is 163. The van der Waals surface area contributed by atoms with Gasteiger partial charge in [0, 0.05) is 18.1 Å². The van der Waals surface area contributed by atoms with Crippen LogP contribution in [0.5, 0.6) is 0 Å². The van der Waals surface area contributed by atoms with Crippen LogP contribution in [-0.2, 0) is 0 Å². The fourth-order valence-corrected chi connectivity index (χ4v) is 2.66. The second-order valence-corrected chi connectivity index (χ2v) is 4.96. The van der Waals surface area contributed by atoms with Crippen LogP contribution in [0.15, 0.2) is 0 Å². The standard InChI is InChI=1S/C11H22N2/c1-8-4-2-3-5-11(8)13-10-6-9(12)7-10/h8-11,13H,2-7,12H2,1H3. The Morgan fingerprint density at radius 3 is 2.46 bits per heavy atom. The van der Waals surface area contributed by atoms with E-state index in [-0.39, 0.29) is 0 Å². The Hall–Kier alpha value is -0.0800. The van der Waals surface area contributed by atoms with Crippen LogP contribution in [0.4, 0.5) is 0 Å². The lowest BCUT2D eigenvalue weighted by atomic mass is 9.82. The summed E-state index contributed by atoms with van der Waals surface area (Å²) in [5.41, 5.74) is 5.77. The number of hydrogen-bond acceptors (Lipinski definition) is 2. The van der Waals surface area contributed by atoms with Crippen molar-refractivity contribution < 1.29 is 0 Å². The quantitative estimate of drug-likeness (QED) is 0.681. The molecule has 0 aliphatic heterocycles. The minimum absolute atomic E-state index is 0.483. The predicted octanol–water partition coefficient (Wildman–Crippen LogP) is 1.64. The van der Waals surface area contributed by atoms with E-state index >= 15 is 0 Å². The number of hydrogen-bond donors (Lipinski definition) is 2. The third-order valence-corrected chi connectivity index (χ3v) is 3.74. The van der Waals surface area contributed by atoms with Gasteiger partial charge in [0.15, 0.2) is 0 Å². The number of rotatable bonds is 2. The first-order chi connectivity index (χ1) is 6.25. The van der Waals surface area contributed by atoms with Crippen molar-refractivity contribution in [3.63, 3.8) is 0 Å². The van der Waals surface area contributed by atoms with Crippen molar-refractivity contribution in [2.24, 2.45) is 11.7 Å². The van der Waals surface area contributed by atoms with Gasteiger partial charge >= 0.3 is 0 Å². The maximum absolute atomic E-state index is 5.77. The normalized spacial score (nSPS) is 45.7. The molecule has 0 bridgehead atoms. The molecule has 2 aliphatic carbocycles. The van der Waals surface area contributed by atoms with Crippen molar-refractivity contribution in [2.75, 3.05) is 0 Å². The molecule has 0 heterocycles. The fraction of sp³-hybridized carbons (Fsp3) is 1.00. The highest BCUT2D eigenvalue weighted by atomic mass is 15.0. The molecule has 0 spiro atoms. The van der Waals surface area contributed by atoms with E-state index in [4.69, 9.17) is 5.73 Å². The van der Waals surface area contributed by atoms with Gasteiger partial charge in [-0.1, -0.05) is 19.8 Å². The Kier molecular flexibility index (Phi) is 2.89. The van der Waals surface area contributed by atoms with E-state index in [1.165, 1.54) is 38.5 Å². The van der Waals surface area contributed by atoms with E-state index in [1.807, 2.05) is 0 Å². The van der Waals surface area contributed by atoms with Crippen LogP contribution in [-0.4, -0.2) is 18.1 Å². The molecule has 13 heavy (non-hydrogen) atoms. The molecule has 0 saturated heterocycles. The third-order valence-electron chi connectivity index (χ3n) is 3.74. The van der Waals surface area contributed by atoms with Crippen molar-refractivity contribution in [1.82, 2.24) is 5.32 Å². The predicted molar refractivity (Wildman–Crippen MR) is 55.6 cm³/mol. The van der Waals surface area contributed by atoms with Gasteiger partial charge in [0.25, 0.3) is 0 Å². The molecule has 2 aliphatic rings. The lowest BCUT2D eigenvalue weighted by molar-refractivity contribution is 0.202. The SMILES string of the molecule is CC1CCCCC1NC1CC(N)C1. The minimum Gasteiger partial charge on any atom is -0.328 e. The fourth-order valence-electron chi connectivity index (χ4n) is 2.66. The highest BCUT2D eigenvalue weighted by Gasteiger charge is 2.30. The van der Waals surface area contributed by atoms with Crippen molar-refractivity contribution >= 4 is 0 Å². The molecule has 2 nitrogen and oxygen atoms in total. The van der Waals surface area contributed by atoms with E-state index in [1.54, 1.807) is 0 Å². The first kappa shape index (κ1) is 9.47. The lowest BCUT2D eigenvalue weighted by Crippen LogP contribution is -2.53. The molecule has 2 heteroatoms. The van der Waals surface area contributed by atoms with Crippen LogP contribution in [0.2, 0.25) is 0 Å². The molecule has 3 N–H and O–H groups in total. The average Bonchev–Trinajstić information content (AvgIpc) is 2.06. The molecule has 0 aromatic rings. The molecule has 0 radical (unpaired) electrons. The summed E-state index contributed by atoms with van der Waals surface area (Å²) in [4.78, 5) is 0. The van der Waals surface area contributed by atoms with Crippen LogP contribution in [0.25, 0.3) is 0 Å². The van der Waals surface area contributed by atoms with Gasteiger partial charge in [-0.15, -0.1) is 0 Å². The monoisotopic (exact) mass is 182 g/mol. The summed E-state index contributed by atoms with van der Waals surface area (Å²) in [7, 11) is 0. The molecular formula is C11H22N2. The maximum atomic E-state index is 5.77.